The second-order valence-corrected chi connectivity index (χ2v) is 8.68. The molecule has 1 aromatic heterocycles. The predicted octanol–water partition coefficient (Wildman–Crippen LogP) is 4.04. The van der Waals surface area contributed by atoms with Crippen LogP contribution in [-0.2, 0) is 11.3 Å². The van der Waals surface area contributed by atoms with E-state index < -0.39 is 0 Å². The van der Waals surface area contributed by atoms with Crippen LogP contribution in [0.1, 0.15) is 34.6 Å². The fourth-order valence-corrected chi connectivity index (χ4v) is 4.78. The molecular weight excluding hydrogens is 426 g/mol. The Balaban J connectivity index is 1.39. The summed E-state index contributed by atoms with van der Waals surface area (Å²) in [5.41, 5.74) is 10.5. The van der Waals surface area contributed by atoms with E-state index in [0.29, 0.717) is 12.1 Å². The Morgan fingerprint density at radius 3 is 2.62 bits per heavy atom. The molecule has 2 amide bonds. The average molecular weight is 454 g/mol. The van der Waals surface area contributed by atoms with Gasteiger partial charge in [-0.15, -0.1) is 0 Å². The molecule has 0 spiro atoms. The number of carbonyl (C=O) groups excluding carboxylic acids is 2. The molecule has 0 aliphatic carbocycles. The van der Waals surface area contributed by atoms with Crippen molar-refractivity contribution in [3.05, 3.63) is 89.7 Å². The van der Waals surface area contributed by atoms with Crippen LogP contribution in [0.25, 0.3) is 16.7 Å². The summed E-state index contributed by atoms with van der Waals surface area (Å²) < 4.78 is 2.08. The third kappa shape index (κ3) is 4.18. The molecule has 1 unspecified atom stereocenters. The van der Waals surface area contributed by atoms with Crippen molar-refractivity contribution in [3.63, 3.8) is 0 Å². The first-order valence-electron chi connectivity index (χ1n) is 11.5. The minimum atomic E-state index is -0.294. The zero-order valence-corrected chi connectivity index (χ0v) is 19.1. The first-order valence-corrected chi connectivity index (χ1v) is 11.5. The molecule has 7 nitrogen and oxygen atoms in total. The van der Waals surface area contributed by atoms with Gasteiger partial charge in [0.2, 0.25) is 5.91 Å². The number of carbonyl (C=O) groups is 2. The first kappa shape index (κ1) is 21.9. The molecule has 2 heterocycles. The minimum Gasteiger partial charge on any atom is -0.368 e. The number of likely N-dealkylation sites (tertiary alicyclic amines) is 1. The van der Waals surface area contributed by atoms with Gasteiger partial charge in [-0.1, -0.05) is 36.4 Å². The second-order valence-electron chi connectivity index (χ2n) is 8.68. The molecule has 34 heavy (non-hydrogen) atoms. The van der Waals surface area contributed by atoms with Gasteiger partial charge in [0.15, 0.2) is 0 Å². The number of nitrogens with two attached hydrogens (primary N) is 1. The molecule has 0 radical (unpaired) electrons. The zero-order valence-electron chi connectivity index (χ0n) is 19.1. The van der Waals surface area contributed by atoms with Gasteiger partial charge in [-0.3, -0.25) is 19.1 Å². The summed E-state index contributed by atoms with van der Waals surface area (Å²) >= 11 is 0. The fourth-order valence-electron chi connectivity index (χ4n) is 4.78. The Bertz CT molecular complexity index is 1360. The van der Waals surface area contributed by atoms with Gasteiger partial charge < -0.3 is 11.1 Å². The van der Waals surface area contributed by atoms with Gasteiger partial charge in [0.1, 0.15) is 5.82 Å². The van der Waals surface area contributed by atoms with Gasteiger partial charge >= 0.3 is 0 Å². The van der Waals surface area contributed by atoms with Gasteiger partial charge in [0.25, 0.3) is 5.91 Å². The van der Waals surface area contributed by atoms with Crippen LogP contribution in [0.4, 0.5) is 5.69 Å². The quantitative estimate of drug-likeness (QED) is 0.461. The molecule has 1 aliphatic heterocycles. The molecule has 1 fully saturated rings. The highest BCUT2D eigenvalue weighted by Gasteiger charge is 2.29. The van der Waals surface area contributed by atoms with Gasteiger partial charge in [-0.2, -0.15) is 0 Å². The monoisotopic (exact) mass is 453 g/mol. The Labute approximate surface area is 198 Å². The van der Waals surface area contributed by atoms with Crippen LogP contribution in [0, 0.1) is 6.92 Å². The lowest BCUT2D eigenvalue weighted by Gasteiger charge is -2.23. The van der Waals surface area contributed by atoms with Gasteiger partial charge in [0.05, 0.1) is 17.1 Å². The van der Waals surface area contributed by atoms with Gasteiger partial charge in [-0.25, -0.2) is 4.98 Å². The summed E-state index contributed by atoms with van der Waals surface area (Å²) in [5.74, 6) is 0.366. The highest BCUT2D eigenvalue weighted by Crippen LogP contribution is 2.26. The molecular formula is C27H27N5O2. The Kier molecular flexibility index (Phi) is 5.86. The molecule has 1 saturated heterocycles. The van der Waals surface area contributed by atoms with Crippen molar-refractivity contribution in [2.24, 2.45) is 5.73 Å². The molecule has 5 rings (SSSR count). The number of rotatable bonds is 6. The van der Waals surface area contributed by atoms with E-state index >= 15 is 0 Å². The maximum Gasteiger partial charge on any atom is 0.255 e. The van der Waals surface area contributed by atoms with Crippen LogP contribution in [0.3, 0.4) is 0 Å². The lowest BCUT2D eigenvalue weighted by atomic mass is 10.1. The average Bonchev–Trinajstić information content (AvgIpc) is 3.43. The number of benzene rings is 3. The number of fused-ring (bicyclic) bond motifs is 1. The number of nitrogens with one attached hydrogen (secondary N) is 1. The Morgan fingerprint density at radius 1 is 1.06 bits per heavy atom. The van der Waals surface area contributed by atoms with E-state index in [0.717, 1.165) is 53.2 Å². The lowest BCUT2D eigenvalue weighted by molar-refractivity contribution is -0.122. The molecule has 0 bridgehead atoms. The zero-order chi connectivity index (χ0) is 23.7. The van der Waals surface area contributed by atoms with Crippen molar-refractivity contribution < 1.29 is 9.59 Å². The van der Waals surface area contributed by atoms with Crippen molar-refractivity contribution in [1.82, 2.24) is 14.5 Å². The standard InChI is InChI=1S/C27H27N5O2/c1-18-29-23-16-19(13-14-24(23)32(18)21-9-3-2-4-10-21)27(34)30-22-11-6-5-8-20(22)17-31-15-7-12-25(31)26(28)33/h2-6,8-11,13-14,16,25H,7,12,15,17H2,1H3,(H2,28,33)(H,30,34). The molecule has 1 atom stereocenters. The molecule has 0 saturated carbocycles. The number of hydrogen-bond acceptors (Lipinski definition) is 4. The summed E-state index contributed by atoms with van der Waals surface area (Å²) in [5, 5.41) is 3.05. The first-order chi connectivity index (χ1) is 16.5. The number of nitrogens with zero attached hydrogens (tertiary/aromatic N) is 3. The summed E-state index contributed by atoms with van der Waals surface area (Å²) in [6, 6.07) is 23.1. The van der Waals surface area contributed by atoms with Crippen LogP contribution >= 0.6 is 0 Å². The van der Waals surface area contributed by atoms with Crippen molar-refractivity contribution in [2.45, 2.75) is 32.4 Å². The fraction of sp³-hybridized carbons (Fsp3) is 0.222. The molecule has 1 aliphatic rings. The van der Waals surface area contributed by atoms with Gasteiger partial charge in [-0.05, 0) is 68.3 Å². The molecule has 4 aromatic rings. The van der Waals surface area contributed by atoms with E-state index in [9.17, 15) is 9.59 Å². The number of aryl methyl sites for hydroxylation is 1. The summed E-state index contributed by atoms with van der Waals surface area (Å²) in [6.07, 6.45) is 1.72. The van der Waals surface area contributed by atoms with Crippen LogP contribution in [0.5, 0.6) is 0 Å². The van der Waals surface area contributed by atoms with Gasteiger partial charge in [0, 0.05) is 23.5 Å². The largest absolute Gasteiger partial charge is 0.368 e. The van der Waals surface area contributed by atoms with Crippen molar-refractivity contribution in [3.8, 4) is 5.69 Å². The molecule has 3 aromatic carbocycles. The number of aromatic nitrogens is 2. The Hall–Kier alpha value is -3.97. The minimum absolute atomic E-state index is 0.200. The topological polar surface area (TPSA) is 93.2 Å². The SMILES string of the molecule is Cc1nc2cc(C(=O)Nc3ccccc3CN3CCCC3C(N)=O)ccc2n1-c1ccccc1. The number of anilines is 1. The van der Waals surface area contributed by atoms with Crippen LogP contribution in [0.2, 0.25) is 0 Å². The smallest absolute Gasteiger partial charge is 0.255 e. The highest BCUT2D eigenvalue weighted by atomic mass is 16.2. The number of hydrogen-bond donors (Lipinski definition) is 2. The van der Waals surface area contributed by atoms with Crippen LogP contribution < -0.4 is 11.1 Å². The summed E-state index contributed by atoms with van der Waals surface area (Å²) in [4.78, 5) is 31.7. The van der Waals surface area contributed by atoms with Crippen LogP contribution in [0.15, 0.2) is 72.8 Å². The number of imidazole rings is 1. The van der Waals surface area contributed by atoms with E-state index in [4.69, 9.17) is 5.73 Å². The number of primary amides is 1. The highest BCUT2D eigenvalue weighted by molar-refractivity contribution is 6.06. The number of amides is 2. The van der Waals surface area contributed by atoms with E-state index in [-0.39, 0.29) is 17.9 Å². The second kappa shape index (κ2) is 9.11. The molecule has 172 valence electrons. The predicted molar refractivity (Wildman–Crippen MR) is 133 cm³/mol. The van der Waals surface area contributed by atoms with Crippen LogP contribution in [-0.4, -0.2) is 38.9 Å². The molecule has 7 heteroatoms. The van der Waals surface area contributed by atoms with Crippen molar-refractivity contribution in [1.29, 1.82) is 0 Å². The van der Waals surface area contributed by atoms with E-state index in [1.165, 1.54) is 0 Å². The Morgan fingerprint density at radius 2 is 1.82 bits per heavy atom. The maximum atomic E-state index is 13.1. The lowest BCUT2D eigenvalue weighted by Crippen LogP contribution is -2.39. The van der Waals surface area contributed by atoms with E-state index in [1.807, 2.05) is 79.7 Å². The summed E-state index contributed by atoms with van der Waals surface area (Å²) in [7, 11) is 0. The van der Waals surface area contributed by atoms with E-state index in [1.54, 1.807) is 0 Å². The third-order valence-electron chi connectivity index (χ3n) is 6.43. The van der Waals surface area contributed by atoms with E-state index in [2.05, 4.69) is 19.8 Å². The summed E-state index contributed by atoms with van der Waals surface area (Å²) in [6.45, 7) is 3.33. The number of para-hydroxylation sites is 2. The van der Waals surface area contributed by atoms with Crippen molar-refractivity contribution in [2.75, 3.05) is 11.9 Å². The molecule has 3 N–H and O–H groups in total. The van der Waals surface area contributed by atoms with Crippen molar-refractivity contribution >= 4 is 28.5 Å². The maximum absolute atomic E-state index is 13.1. The normalized spacial score (nSPS) is 16.1. The third-order valence-corrected chi connectivity index (χ3v) is 6.43.